The van der Waals surface area contributed by atoms with Gasteiger partial charge in [0.15, 0.2) is 0 Å². The molecule has 6 heteroatoms. The third-order valence-electron chi connectivity index (χ3n) is 3.43. The Bertz CT molecular complexity index is 756. The minimum Gasteiger partial charge on any atom is -0.494 e. The Labute approximate surface area is 137 Å². The topological polar surface area (TPSA) is 75.6 Å². The maximum atomic E-state index is 12.2. The van der Waals surface area contributed by atoms with Gasteiger partial charge in [-0.05, 0) is 48.4 Å². The van der Waals surface area contributed by atoms with Crippen molar-refractivity contribution in [3.63, 3.8) is 0 Å². The lowest BCUT2D eigenvalue weighted by molar-refractivity contribution is 0.198. The van der Waals surface area contributed by atoms with Crippen LogP contribution in [-0.4, -0.2) is 32.8 Å². The molecule has 0 saturated carbocycles. The molecule has 0 aliphatic carbocycles. The molecule has 2 aromatic carbocycles. The summed E-state index contributed by atoms with van der Waals surface area (Å²) in [6.07, 6.45) is 1.35. The van der Waals surface area contributed by atoms with Gasteiger partial charge in [0.1, 0.15) is 5.75 Å². The molecule has 0 aromatic heterocycles. The van der Waals surface area contributed by atoms with Gasteiger partial charge in [0.25, 0.3) is 0 Å². The van der Waals surface area contributed by atoms with Crippen molar-refractivity contribution in [2.75, 3.05) is 13.2 Å². The van der Waals surface area contributed by atoms with Crippen molar-refractivity contribution in [1.29, 1.82) is 0 Å². The van der Waals surface area contributed by atoms with Crippen molar-refractivity contribution in [3.05, 3.63) is 36.4 Å². The zero-order chi connectivity index (χ0) is 16.9. The first kappa shape index (κ1) is 17.7. The smallest absolute Gasteiger partial charge is 0.240 e. The normalized spacial score (nSPS) is 13.2. The highest BCUT2D eigenvalue weighted by Crippen LogP contribution is 2.24. The molecule has 2 rings (SSSR count). The minimum absolute atomic E-state index is 0.00935. The lowest BCUT2D eigenvalue weighted by Gasteiger charge is -2.10. The highest BCUT2D eigenvalue weighted by molar-refractivity contribution is 7.89. The first-order valence-electron chi connectivity index (χ1n) is 7.76. The van der Waals surface area contributed by atoms with Gasteiger partial charge in [-0.25, -0.2) is 13.1 Å². The maximum Gasteiger partial charge on any atom is 0.240 e. The Kier molecular flexibility index (Phi) is 5.98. The highest BCUT2D eigenvalue weighted by atomic mass is 32.2. The van der Waals surface area contributed by atoms with Gasteiger partial charge in [-0.3, -0.25) is 0 Å². The third kappa shape index (κ3) is 4.92. The van der Waals surface area contributed by atoms with Crippen LogP contribution in [0.1, 0.15) is 26.7 Å². The summed E-state index contributed by atoms with van der Waals surface area (Å²) in [6.45, 7) is 4.31. The molecule has 23 heavy (non-hydrogen) atoms. The molecule has 0 spiro atoms. The number of rotatable bonds is 8. The second kappa shape index (κ2) is 7.77. The van der Waals surface area contributed by atoms with E-state index in [2.05, 4.69) is 11.6 Å². The van der Waals surface area contributed by atoms with Crippen molar-refractivity contribution in [2.24, 2.45) is 0 Å². The second-order valence-electron chi connectivity index (χ2n) is 5.57. The first-order valence-corrected chi connectivity index (χ1v) is 9.25. The average molecular weight is 337 g/mol. The monoisotopic (exact) mass is 337 g/mol. The molecule has 0 heterocycles. The van der Waals surface area contributed by atoms with E-state index in [1.54, 1.807) is 18.2 Å². The largest absolute Gasteiger partial charge is 0.494 e. The van der Waals surface area contributed by atoms with Gasteiger partial charge >= 0.3 is 0 Å². The Hall–Kier alpha value is -1.63. The van der Waals surface area contributed by atoms with Gasteiger partial charge in [-0.1, -0.05) is 25.5 Å². The number of benzene rings is 2. The molecule has 0 aliphatic rings. The van der Waals surface area contributed by atoms with Gasteiger partial charge in [-0.2, -0.15) is 0 Å². The summed E-state index contributed by atoms with van der Waals surface area (Å²) < 4.78 is 32.4. The summed E-state index contributed by atoms with van der Waals surface area (Å²) in [5, 5.41) is 11.0. The van der Waals surface area contributed by atoms with Crippen LogP contribution in [0.15, 0.2) is 41.3 Å². The van der Waals surface area contributed by atoms with Gasteiger partial charge in [0.05, 0.1) is 17.6 Å². The number of fused-ring (bicyclic) bond motifs is 1. The Morgan fingerprint density at radius 1 is 1.17 bits per heavy atom. The van der Waals surface area contributed by atoms with Crippen molar-refractivity contribution in [3.8, 4) is 5.75 Å². The summed E-state index contributed by atoms with van der Waals surface area (Å²) in [4.78, 5) is 0.185. The second-order valence-corrected chi connectivity index (χ2v) is 7.34. The third-order valence-corrected chi connectivity index (χ3v) is 4.85. The summed E-state index contributed by atoms with van der Waals surface area (Å²) in [6, 6.07) is 10.5. The van der Waals surface area contributed by atoms with Gasteiger partial charge in [0, 0.05) is 6.54 Å². The minimum atomic E-state index is -3.62. The van der Waals surface area contributed by atoms with Crippen LogP contribution in [0.2, 0.25) is 0 Å². The SMILES string of the molecule is CCCCOc1ccc2cc(S(=O)(=O)NCC(C)O)ccc2c1. The standard InChI is InChI=1S/C17H23NO4S/c1-3-4-9-22-16-7-5-15-11-17(8-6-14(15)10-16)23(20,21)18-12-13(2)19/h5-8,10-11,13,18-19H,3-4,9,12H2,1-2H3. The lowest BCUT2D eigenvalue weighted by Crippen LogP contribution is -2.30. The van der Waals surface area contributed by atoms with Gasteiger partial charge in [-0.15, -0.1) is 0 Å². The van der Waals surface area contributed by atoms with Crippen molar-refractivity contribution >= 4 is 20.8 Å². The molecular weight excluding hydrogens is 314 g/mol. The zero-order valence-electron chi connectivity index (χ0n) is 13.5. The van der Waals surface area contributed by atoms with E-state index in [0.717, 1.165) is 29.4 Å². The van der Waals surface area contributed by atoms with Crippen LogP contribution in [0, 0.1) is 0 Å². The fraction of sp³-hybridized carbons (Fsp3) is 0.412. The molecular formula is C17H23NO4S. The van der Waals surface area contributed by atoms with E-state index in [-0.39, 0.29) is 11.4 Å². The fourth-order valence-corrected chi connectivity index (χ4v) is 3.26. The summed E-state index contributed by atoms with van der Waals surface area (Å²) in [5.74, 6) is 0.786. The molecule has 5 nitrogen and oxygen atoms in total. The average Bonchev–Trinajstić information content (AvgIpc) is 2.53. The molecule has 2 aromatic rings. The summed E-state index contributed by atoms with van der Waals surface area (Å²) in [5.41, 5.74) is 0. The predicted molar refractivity (Wildman–Crippen MR) is 91.2 cm³/mol. The molecule has 2 N–H and O–H groups in total. The van der Waals surface area contributed by atoms with E-state index in [1.165, 1.54) is 6.92 Å². The zero-order valence-corrected chi connectivity index (χ0v) is 14.3. The van der Waals surface area contributed by atoms with Crippen LogP contribution in [0.5, 0.6) is 5.75 Å². The quantitative estimate of drug-likeness (QED) is 0.726. The van der Waals surface area contributed by atoms with Crippen LogP contribution >= 0.6 is 0 Å². The summed E-state index contributed by atoms with van der Waals surface area (Å²) in [7, 11) is -3.62. The van der Waals surface area contributed by atoms with E-state index in [0.29, 0.717) is 6.61 Å². The maximum absolute atomic E-state index is 12.2. The number of sulfonamides is 1. The first-order chi connectivity index (χ1) is 10.9. The molecule has 0 amide bonds. The number of aliphatic hydroxyl groups is 1. The van der Waals surface area contributed by atoms with E-state index >= 15 is 0 Å². The number of hydrogen-bond acceptors (Lipinski definition) is 4. The number of nitrogens with one attached hydrogen (secondary N) is 1. The fourth-order valence-electron chi connectivity index (χ4n) is 2.11. The van der Waals surface area contributed by atoms with E-state index in [4.69, 9.17) is 4.74 Å². The Morgan fingerprint density at radius 3 is 2.57 bits per heavy atom. The number of aliphatic hydroxyl groups excluding tert-OH is 1. The van der Waals surface area contributed by atoms with Crippen molar-refractivity contribution in [1.82, 2.24) is 4.72 Å². The molecule has 0 radical (unpaired) electrons. The van der Waals surface area contributed by atoms with Gasteiger partial charge < -0.3 is 9.84 Å². The molecule has 0 aliphatic heterocycles. The lowest BCUT2D eigenvalue weighted by atomic mass is 10.1. The molecule has 0 saturated heterocycles. The molecule has 1 unspecified atom stereocenters. The highest BCUT2D eigenvalue weighted by Gasteiger charge is 2.15. The van der Waals surface area contributed by atoms with E-state index in [1.807, 2.05) is 18.2 Å². The van der Waals surface area contributed by atoms with E-state index < -0.39 is 16.1 Å². The Morgan fingerprint density at radius 2 is 1.87 bits per heavy atom. The van der Waals surface area contributed by atoms with Crippen molar-refractivity contribution < 1.29 is 18.3 Å². The van der Waals surface area contributed by atoms with Gasteiger partial charge in [0.2, 0.25) is 10.0 Å². The van der Waals surface area contributed by atoms with Crippen LogP contribution in [0.4, 0.5) is 0 Å². The number of hydrogen-bond donors (Lipinski definition) is 2. The van der Waals surface area contributed by atoms with E-state index in [9.17, 15) is 13.5 Å². The predicted octanol–water partition coefficient (Wildman–Crippen LogP) is 2.68. The number of unbranched alkanes of at least 4 members (excludes halogenated alkanes) is 1. The van der Waals surface area contributed by atoms with Crippen LogP contribution < -0.4 is 9.46 Å². The van der Waals surface area contributed by atoms with Crippen molar-refractivity contribution in [2.45, 2.75) is 37.7 Å². The molecule has 126 valence electrons. The number of ether oxygens (including phenoxy) is 1. The molecule has 0 fully saturated rings. The molecule has 0 bridgehead atoms. The summed E-state index contributed by atoms with van der Waals surface area (Å²) >= 11 is 0. The van der Waals surface area contributed by atoms with Crippen LogP contribution in [0.25, 0.3) is 10.8 Å². The Balaban J connectivity index is 2.21. The molecule has 1 atom stereocenters. The van der Waals surface area contributed by atoms with Crippen LogP contribution in [-0.2, 0) is 10.0 Å². The van der Waals surface area contributed by atoms with Crippen LogP contribution in [0.3, 0.4) is 0 Å².